The molecule has 0 radical (unpaired) electrons. The van der Waals surface area contributed by atoms with Crippen molar-refractivity contribution in [3.63, 3.8) is 0 Å². The lowest BCUT2D eigenvalue weighted by Crippen LogP contribution is -2.54. The van der Waals surface area contributed by atoms with Gasteiger partial charge in [-0.3, -0.25) is 34.3 Å². The van der Waals surface area contributed by atoms with Gasteiger partial charge in [0.1, 0.15) is 11.9 Å². The van der Waals surface area contributed by atoms with E-state index in [9.17, 15) is 23.6 Å². The summed E-state index contributed by atoms with van der Waals surface area (Å²) in [7, 11) is 0. The van der Waals surface area contributed by atoms with Gasteiger partial charge in [0.05, 0.1) is 16.8 Å². The molecule has 164 valence electrons. The first-order valence-corrected chi connectivity index (χ1v) is 11.0. The van der Waals surface area contributed by atoms with Crippen LogP contribution in [-0.4, -0.2) is 71.7 Å². The Morgan fingerprint density at radius 3 is 2.16 bits per heavy atom. The quantitative estimate of drug-likeness (QED) is 0.730. The zero-order chi connectivity index (χ0) is 21.7. The van der Waals surface area contributed by atoms with Crippen LogP contribution in [0.15, 0.2) is 12.1 Å². The van der Waals surface area contributed by atoms with E-state index in [4.69, 9.17) is 0 Å². The van der Waals surface area contributed by atoms with Crippen molar-refractivity contribution in [2.24, 2.45) is 0 Å². The fourth-order valence-corrected chi connectivity index (χ4v) is 5.32. The summed E-state index contributed by atoms with van der Waals surface area (Å²) in [6, 6.07) is 2.13. The van der Waals surface area contributed by atoms with Crippen LogP contribution < -0.4 is 10.2 Å². The number of amides is 4. The van der Waals surface area contributed by atoms with Crippen molar-refractivity contribution in [2.45, 2.75) is 50.6 Å². The average molecular weight is 428 g/mol. The fourth-order valence-electron chi connectivity index (χ4n) is 5.32. The highest BCUT2D eigenvalue weighted by Gasteiger charge is 2.45. The van der Waals surface area contributed by atoms with E-state index in [1.165, 1.54) is 31.7 Å². The third kappa shape index (κ3) is 3.40. The van der Waals surface area contributed by atoms with Crippen LogP contribution in [0.4, 0.5) is 10.1 Å². The summed E-state index contributed by atoms with van der Waals surface area (Å²) in [5, 5.41) is 2.16. The van der Waals surface area contributed by atoms with E-state index in [1.807, 2.05) is 4.90 Å². The summed E-state index contributed by atoms with van der Waals surface area (Å²) < 4.78 is 15.0. The molecule has 1 unspecified atom stereocenters. The standard InChI is InChI=1S/C22H25FN4O4/c23-16-11-14-15(22(31)27(21(14)30)17-5-6-19(28)24-20(17)29)12-18(16)26-9-7-25(8-10-26)13-3-1-2-4-13/h11-13,17H,1-10H2,(H,24,28,29). The first kappa shape index (κ1) is 20.1. The molecule has 1 N–H and O–H groups in total. The summed E-state index contributed by atoms with van der Waals surface area (Å²) in [5.74, 6) is -2.94. The lowest BCUT2D eigenvalue weighted by Gasteiger charge is -2.39. The van der Waals surface area contributed by atoms with Crippen molar-refractivity contribution < 1.29 is 23.6 Å². The number of rotatable bonds is 3. The Hall–Kier alpha value is -2.81. The van der Waals surface area contributed by atoms with Gasteiger partial charge >= 0.3 is 0 Å². The molecule has 4 amide bonds. The molecular weight excluding hydrogens is 403 g/mol. The first-order valence-electron chi connectivity index (χ1n) is 11.0. The van der Waals surface area contributed by atoms with Crippen molar-refractivity contribution in [3.8, 4) is 0 Å². The van der Waals surface area contributed by atoms with Crippen LogP contribution in [0.2, 0.25) is 0 Å². The molecule has 0 spiro atoms. The van der Waals surface area contributed by atoms with E-state index in [0.29, 0.717) is 24.8 Å². The van der Waals surface area contributed by atoms with Crippen molar-refractivity contribution >= 4 is 29.3 Å². The zero-order valence-electron chi connectivity index (χ0n) is 17.2. The smallest absolute Gasteiger partial charge is 0.262 e. The number of nitrogens with one attached hydrogen (secondary N) is 1. The highest BCUT2D eigenvalue weighted by Crippen LogP contribution is 2.33. The highest BCUT2D eigenvalue weighted by molar-refractivity contribution is 6.23. The molecule has 2 saturated heterocycles. The third-order valence-corrected chi connectivity index (χ3v) is 7.00. The number of piperidine rings is 1. The monoisotopic (exact) mass is 428 g/mol. The molecule has 1 aromatic rings. The highest BCUT2D eigenvalue weighted by atomic mass is 19.1. The molecule has 5 rings (SSSR count). The van der Waals surface area contributed by atoms with Crippen LogP contribution in [0, 0.1) is 5.82 Å². The molecule has 3 aliphatic heterocycles. The first-order chi connectivity index (χ1) is 14.9. The van der Waals surface area contributed by atoms with Gasteiger partial charge in [-0.05, 0) is 31.4 Å². The van der Waals surface area contributed by atoms with Crippen LogP contribution in [0.1, 0.15) is 59.2 Å². The van der Waals surface area contributed by atoms with Gasteiger partial charge < -0.3 is 4.90 Å². The SMILES string of the molecule is O=C1CCC(N2C(=O)c3cc(F)c(N4CCN(C5CCCC5)CC4)cc3C2=O)C(=O)N1. The van der Waals surface area contributed by atoms with Crippen LogP contribution in [-0.2, 0) is 9.59 Å². The maximum absolute atomic E-state index is 15.0. The van der Waals surface area contributed by atoms with E-state index in [1.54, 1.807) is 0 Å². The van der Waals surface area contributed by atoms with Crippen molar-refractivity contribution in [3.05, 3.63) is 29.1 Å². The van der Waals surface area contributed by atoms with Crippen molar-refractivity contribution in [1.82, 2.24) is 15.1 Å². The van der Waals surface area contributed by atoms with Gasteiger partial charge in [0.15, 0.2) is 0 Å². The Labute approximate surface area is 179 Å². The molecule has 1 atom stereocenters. The predicted molar refractivity (Wildman–Crippen MR) is 109 cm³/mol. The summed E-state index contributed by atoms with van der Waals surface area (Å²) >= 11 is 0. The topological polar surface area (TPSA) is 90.0 Å². The molecule has 3 fully saturated rings. The minimum Gasteiger partial charge on any atom is -0.367 e. The molecule has 0 bridgehead atoms. The largest absolute Gasteiger partial charge is 0.367 e. The molecule has 31 heavy (non-hydrogen) atoms. The van der Waals surface area contributed by atoms with E-state index < -0.39 is 35.5 Å². The Morgan fingerprint density at radius 1 is 0.871 bits per heavy atom. The molecule has 0 aromatic heterocycles. The minimum atomic E-state index is -1.05. The minimum absolute atomic E-state index is 0.0273. The number of nitrogens with zero attached hydrogens (tertiary/aromatic N) is 3. The Morgan fingerprint density at radius 2 is 1.52 bits per heavy atom. The zero-order valence-corrected chi connectivity index (χ0v) is 17.2. The van der Waals surface area contributed by atoms with Crippen molar-refractivity contribution in [1.29, 1.82) is 0 Å². The number of benzene rings is 1. The van der Waals surface area contributed by atoms with Gasteiger partial charge in [-0.25, -0.2) is 4.39 Å². The fraction of sp³-hybridized carbons (Fsp3) is 0.545. The molecule has 1 aliphatic carbocycles. The molecule has 3 heterocycles. The number of imide groups is 2. The summed E-state index contributed by atoms with van der Waals surface area (Å²) in [6.07, 6.45) is 5.11. The lowest BCUT2D eigenvalue weighted by atomic mass is 10.0. The number of hydrogen-bond donors (Lipinski definition) is 1. The number of anilines is 1. The predicted octanol–water partition coefficient (Wildman–Crippen LogP) is 1.29. The second kappa shape index (κ2) is 7.71. The summed E-state index contributed by atoms with van der Waals surface area (Å²) in [6.45, 7) is 3.00. The maximum atomic E-state index is 15.0. The van der Waals surface area contributed by atoms with E-state index in [0.717, 1.165) is 24.1 Å². The van der Waals surface area contributed by atoms with Gasteiger partial charge in [0.25, 0.3) is 11.8 Å². The number of carbonyl (C=O) groups is 4. The number of halogens is 1. The normalized spacial score (nSPS) is 25.4. The number of carbonyl (C=O) groups excluding carboxylic acids is 4. The number of hydrogen-bond acceptors (Lipinski definition) is 6. The van der Waals surface area contributed by atoms with Gasteiger partial charge in [-0.1, -0.05) is 12.8 Å². The van der Waals surface area contributed by atoms with Crippen molar-refractivity contribution in [2.75, 3.05) is 31.1 Å². The Bertz CT molecular complexity index is 967. The summed E-state index contributed by atoms with van der Waals surface area (Å²) in [5.41, 5.74) is 0.404. The van der Waals surface area contributed by atoms with Gasteiger partial charge in [-0.2, -0.15) is 0 Å². The molecular formula is C22H25FN4O4. The van der Waals surface area contributed by atoms with Crippen LogP contribution in [0.3, 0.4) is 0 Å². The van der Waals surface area contributed by atoms with Gasteiger partial charge in [0.2, 0.25) is 11.8 Å². The molecule has 8 nitrogen and oxygen atoms in total. The van der Waals surface area contributed by atoms with E-state index in [2.05, 4.69) is 10.2 Å². The molecule has 4 aliphatic rings. The maximum Gasteiger partial charge on any atom is 0.262 e. The number of fused-ring (bicyclic) bond motifs is 1. The summed E-state index contributed by atoms with van der Waals surface area (Å²) in [4.78, 5) is 54.7. The third-order valence-electron chi connectivity index (χ3n) is 7.00. The molecule has 1 saturated carbocycles. The Kier molecular flexibility index (Phi) is 5.00. The van der Waals surface area contributed by atoms with Gasteiger partial charge in [-0.15, -0.1) is 0 Å². The van der Waals surface area contributed by atoms with Gasteiger partial charge in [0, 0.05) is 38.6 Å². The van der Waals surface area contributed by atoms with Crippen LogP contribution in [0.5, 0.6) is 0 Å². The van der Waals surface area contributed by atoms with E-state index >= 15 is 0 Å². The number of piperazine rings is 1. The van der Waals surface area contributed by atoms with Crippen LogP contribution in [0.25, 0.3) is 0 Å². The lowest BCUT2D eigenvalue weighted by molar-refractivity contribution is -0.136. The second-order valence-corrected chi connectivity index (χ2v) is 8.76. The average Bonchev–Trinajstić information content (AvgIpc) is 3.37. The van der Waals surface area contributed by atoms with Crippen LogP contribution >= 0.6 is 0 Å². The molecule has 1 aromatic carbocycles. The van der Waals surface area contributed by atoms with E-state index in [-0.39, 0.29) is 24.0 Å². The molecule has 9 heteroatoms. The second-order valence-electron chi connectivity index (χ2n) is 8.76. The Balaban J connectivity index is 1.36.